The highest BCUT2D eigenvalue weighted by molar-refractivity contribution is 5.86. The summed E-state index contributed by atoms with van der Waals surface area (Å²) in [5, 5.41) is 9.29. The molecule has 0 fully saturated rings. The van der Waals surface area contributed by atoms with Crippen LogP contribution in [0.25, 0.3) is 33.8 Å². The van der Waals surface area contributed by atoms with E-state index in [-0.39, 0.29) is 0 Å². The number of benzene rings is 2. The van der Waals surface area contributed by atoms with Crippen LogP contribution >= 0.6 is 0 Å². The van der Waals surface area contributed by atoms with Crippen LogP contribution in [-0.4, -0.2) is 27.3 Å². The number of hydrogen-bond acceptors (Lipinski definition) is 7. The van der Waals surface area contributed by atoms with E-state index in [9.17, 15) is 0 Å². The minimum absolute atomic E-state index is 0.311. The number of pyridine rings is 2. The van der Waals surface area contributed by atoms with Crippen molar-refractivity contribution in [3.05, 3.63) is 78.6 Å². The molecule has 7 heteroatoms. The number of ether oxygens (including phenoxy) is 2. The lowest BCUT2D eigenvalue weighted by atomic mass is 10.1. The van der Waals surface area contributed by atoms with Gasteiger partial charge < -0.3 is 13.9 Å². The molecule has 0 atom stereocenters. The van der Waals surface area contributed by atoms with Crippen LogP contribution in [0.15, 0.2) is 77.5 Å². The first-order chi connectivity index (χ1) is 15.2. The topological polar surface area (TPSA) is 83.2 Å². The number of aryl methyl sites for hydroxylation is 1. The third kappa shape index (κ3) is 3.81. The number of aromatic nitrogens is 4. The molecule has 31 heavy (non-hydrogen) atoms. The zero-order chi connectivity index (χ0) is 21.2. The summed E-state index contributed by atoms with van der Waals surface area (Å²) in [4.78, 5) is 8.73. The quantitative estimate of drug-likeness (QED) is 0.381. The fourth-order valence-corrected chi connectivity index (χ4v) is 3.16. The molecule has 0 aliphatic carbocycles. The van der Waals surface area contributed by atoms with E-state index in [1.165, 1.54) is 0 Å². The Hall–Kier alpha value is -4.26. The van der Waals surface area contributed by atoms with Crippen LogP contribution in [-0.2, 0) is 0 Å². The molecule has 0 unspecified atom stereocenters. The predicted molar refractivity (Wildman–Crippen MR) is 116 cm³/mol. The monoisotopic (exact) mass is 410 g/mol. The lowest BCUT2D eigenvalue weighted by molar-refractivity contribution is 0.415. The second-order valence-corrected chi connectivity index (χ2v) is 6.96. The van der Waals surface area contributed by atoms with Gasteiger partial charge in [-0.25, -0.2) is 4.98 Å². The van der Waals surface area contributed by atoms with Crippen LogP contribution in [0.3, 0.4) is 0 Å². The summed E-state index contributed by atoms with van der Waals surface area (Å²) in [6, 6.07) is 18.9. The molecular formula is C24H18N4O3. The molecule has 0 N–H and O–H groups in total. The van der Waals surface area contributed by atoms with Gasteiger partial charge in [-0.3, -0.25) is 4.98 Å². The van der Waals surface area contributed by atoms with Crippen molar-refractivity contribution in [1.29, 1.82) is 0 Å². The van der Waals surface area contributed by atoms with E-state index in [0.29, 0.717) is 29.0 Å². The van der Waals surface area contributed by atoms with E-state index >= 15 is 0 Å². The Morgan fingerprint density at radius 2 is 1.55 bits per heavy atom. The molecule has 0 aliphatic rings. The zero-order valence-corrected chi connectivity index (χ0v) is 16.9. The van der Waals surface area contributed by atoms with Gasteiger partial charge in [0.25, 0.3) is 5.89 Å². The summed E-state index contributed by atoms with van der Waals surface area (Å²) < 4.78 is 17.4. The predicted octanol–water partition coefficient (Wildman–Crippen LogP) is 5.46. The van der Waals surface area contributed by atoms with E-state index in [4.69, 9.17) is 18.9 Å². The van der Waals surface area contributed by atoms with Crippen molar-refractivity contribution in [3.8, 4) is 40.3 Å². The molecule has 5 rings (SSSR count). The molecule has 0 bridgehead atoms. The van der Waals surface area contributed by atoms with E-state index in [1.807, 2.05) is 67.6 Å². The molecule has 7 nitrogen and oxygen atoms in total. The highest BCUT2D eigenvalue weighted by Crippen LogP contribution is 2.36. The Morgan fingerprint density at radius 1 is 0.806 bits per heavy atom. The first kappa shape index (κ1) is 18.7. The molecule has 152 valence electrons. The molecule has 0 radical (unpaired) electrons. The maximum absolute atomic E-state index is 6.12. The third-order valence-electron chi connectivity index (χ3n) is 4.81. The summed E-state index contributed by atoms with van der Waals surface area (Å²) in [6.45, 7) is 2.02. The van der Waals surface area contributed by atoms with Crippen molar-refractivity contribution in [2.45, 2.75) is 6.92 Å². The number of rotatable bonds is 5. The Kier molecular flexibility index (Phi) is 4.76. The van der Waals surface area contributed by atoms with Crippen LogP contribution in [0.2, 0.25) is 0 Å². The summed E-state index contributed by atoms with van der Waals surface area (Å²) in [5.41, 5.74) is 3.28. The molecule has 5 aromatic rings. The summed E-state index contributed by atoms with van der Waals surface area (Å²) in [6.07, 6.45) is 3.35. The Morgan fingerprint density at radius 3 is 2.32 bits per heavy atom. The van der Waals surface area contributed by atoms with Gasteiger partial charge in [-0.15, -0.1) is 10.2 Å². The number of hydrogen-bond donors (Lipinski definition) is 0. The van der Waals surface area contributed by atoms with Gasteiger partial charge in [-0.05, 0) is 55.5 Å². The van der Waals surface area contributed by atoms with E-state index in [1.54, 1.807) is 19.5 Å². The first-order valence-electron chi connectivity index (χ1n) is 9.67. The van der Waals surface area contributed by atoms with Crippen LogP contribution in [0.1, 0.15) is 5.56 Å². The van der Waals surface area contributed by atoms with Gasteiger partial charge in [-0.2, -0.15) is 0 Å². The maximum atomic E-state index is 6.12. The SMILES string of the molecule is COc1ccc2nc(Oc3ccc(C)cc3)c(-c3nnc(-c4ccncc4)o3)cc2c1. The highest BCUT2D eigenvalue weighted by Gasteiger charge is 2.18. The van der Waals surface area contributed by atoms with Gasteiger partial charge in [0, 0.05) is 23.3 Å². The van der Waals surface area contributed by atoms with Crippen molar-refractivity contribution < 1.29 is 13.9 Å². The van der Waals surface area contributed by atoms with Gasteiger partial charge in [0.15, 0.2) is 0 Å². The van der Waals surface area contributed by atoms with Gasteiger partial charge in [0.1, 0.15) is 17.1 Å². The second-order valence-electron chi connectivity index (χ2n) is 6.96. The lowest BCUT2D eigenvalue weighted by Gasteiger charge is -2.10. The van der Waals surface area contributed by atoms with Gasteiger partial charge in [0.05, 0.1) is 12.6 Å². The van der Waals surface area contributed by atoms with Crippen molar-refractivity contribution in [2.24, 2.45) is 0 Å². The van der Waals surface area contributed by atoms with E-state index in [2.05, 4.69) is 15.2 Å². The normalized spacial score (nSPS) is 10.9. The lowest BCUT2D eigenvalue weighted by Crippen LogP contribution is -1.94. The summed E-state index contributed by atoms with van der Waals surface area (Å²) >= 11 is 0. The maximum Gasteiger partial charge on any atom is 0.253 e. The fourth-order valence-electron chi connectivity index (χ4n) is 3.16. The minimum Gasteiger partial charge on any atom is -0.497 e. The molecule has 0 amide bonds. The zero-order valence-electron chi connectivity index (χ0n) is 16.9. The van der Waals surface area contributed by atoms with Gasteiger partial charge in [-0.1, -0.05) is 17.7 Å². The Balaban J connectivity index is 1.63. The van der Waals surface area contributed by atoms with Crippen LogP contribution in [0.5, 0.6) is 17.4 Å². The molecule has 2 aromatic carbocycles. The molecule has 3 aromatic heterocycles. The van der Waals surface area contributed by atoms with Crippen molar-refractivity contribution in [2.75, 3.05) is 7.11 Å². The Labute approximate surface area is 178 Å². The van der Waals surface area contributed by atoms with Crippen molar-refractivity contribution in [3.63, 3.8) is 0 Å². The van der Waals surface area contributed by atoms with Crippen LogP contribution < -0.4 is 9.47 Å². The van der Waals surface area contributed by atoms with Gasteiger partial charge in [0.2, 0.25) is 11.8 Å². The largest absolute Gasteiger partial charge is 0.497 e. The average molecular weight is 410 g/mol. The summed E-state index contributed by atoms with van der Waals surface area (Å²) in [5.74, 6) is 2.48. The molecule has 0 saturated heterocycles. The first-order valence-corrected chi connectivity index (χ1v) is 9.67. The molecular weight excluding hydrogens is 392 g/mol. The van der Waals surface area contributed by atoms with Crippen molar-refractivity contribution in [1.82, 2.24) is 20.2 Å². The third-order valence-corrected chi connectivity index (χ3v) is 4.81. The fraction of sp³-hybridized carbons (Fsp3) is 0.0833. The van der Waals surface area contributed by atoms with E-state index < -0.39 is 0 Å². The number of nitrogens with zero attached hydrogens (tertiary/aromatic N) is 4. The number of methoxy groups -OCH3 is 1. The smallest absolute Gasteiger partial charge is 0.253 e. The van der Waals surface area contributed by atoms with Crippen LogP contribution in [0, 0.1) is 6.92 Å². The average Bonchev–Trinajstić information content (AvgIpc) is 3.30. The number of fused-ring (bicyclic) bond motifs is 1. The highest BCUT2D eigenvalue weighted by atomic mass is 16.5. The van der Waals surface area contributed by atoms with Crippen LogP contribution in [0.4, 0.5) is 0 Å². The minimum atomic E-state index is 0.311. The Bertz CT molecular complexity index is 1350. The molecule has 0 aliphatic heterocycles. The second kappa shape index (κ2) is 7.87. The molecule has 0 saturated carbocycles. The molecule has 0 spiro atoms. The molecule has 3 heterocycles. The van der Waals surface area contributed by atoms with E-state index in [0.717, 1.165) is 27.8 Å². The van der Waals surface area contributed by atoms with Crippen molar-refractivity contribution >= 4 is 10.9 Å². The van der Waals surface area contributed by atoms with Gasteiger partial charge >= 0.3 is 0 Å². The standard InChI is InChI=1S/C24H18N4O3/c1-15-3-5-18(6-4-15)30-23-20(14-17-13-19(29-2)7-8-21(17)26-23)24-28-27-22(31-24)16-9-11-25-12-10-16/h3-14H,1-2H3. The summed E-state index contributed by atoms with van der Waals surface area (Å²) in [7, 11) is 1.63.